The Morgan fingerprint density at radius 1 is 0.742 bits per heavy atom. The number of hydrogen-bond donors (Lipinski definition) is 0. The van der Waals surface area contributed by atoms with Gasteiger partial charge in [-0.1, -0.05) is 36.4 Å². The van der Waals surface area contributed by atoms with E-state index < -0.39 is 0 Å². The first-order chi connectivity index (χ1) is 15.1. The molecule has 0 saturated carbocycles. The highest BCUT2D eigenvalue weighted by Gasteiger charge is 2.25. The topological polar surface area (TPSA) is 58.0 Å². The molecule has 0 amide bonds. The highest BCUT2D eigenvalue weighted by Crippen LogP contribution is 2.19. The fraction of sp³-hybridized carbons (Fsp3) is 0.360. The fourth-order valence-corrected chi connectivity index (χ4v) is 4.56. The van der Waals surface area contributed by atoms with E-state index in [-0.39, 0.29) is 0 Å². The maximum atomic E-state index is 4.80. The zero-order valence-corrected chi connectivity index (χ0v) is 18.4. The van der Waals surface area contributed by atoms with Gasteiger partial charge in [0.15, 0.2) is 0 Å². The van der Waals surface area contributed by atoms with Crippen molar-refractivity contribution in [2.45, 2.75) is 39.9 Å². The van der Waals surface area contributed by atoms with Gasteiger partial charge in [0, 0.05) is 47.8 Å². The van der Waals surface area contributed by atoms with Gasteiger partial charge in [0.25, 0.3) is 0 Å². The Kier molecular flexibility index (Phi) is 5.34. The molecule has 0 spiro atoms. The average Bonchev–Trinajstić information content (AvgIpc) is 2.76. The number of para-hydroxylation sites is 2. The predicted octanol–water partition coefficient (Wildman–Crippen LogP) is 3.90. The molecule has 3 heterocycles. The second-order valence-electron chi connectivity index (χ2n) is 8.54. The molecule has 1 aliphatic heterocycles. The van der Waals surface area contributed by atoms with Gasteiger partial charge in [-0.15, -0.1) is 0 Å². The number of rotatable bonds is 4. The van der Waals surface area contributed by atoms with E-state index in [1.807, 2.05) is 24.3 Å². The summed E-state index contributed by atoms with van der Waals surface area (Å²) in [6.45, 7) is 11.0. The Labute approximate surface area is 183 Å². The molecule has 1 saturated heterocycles. The first kappa shape index (κ1) is 20.0. The van der Waals surface area contributed by atoms with E-state index >= 15 is 0 Å². The second kappa shape index (κ2) is 8.29. The summed E-state index contributed by atoms with van der Waals surface area (Å²) in [4.78, 5) is 24.1. The number of hydrogen-bond acceptors (Lipinski definition) is 6. The summed E-state index contributed by atoms with van der Waals surface area (Å²) < 4.78 is 0. The number of nitrogens with zero attached hydrogens (tertiary/aromatic N) is 6. The van der Waals surface area contributed by atoms with Crippen molar-refractivity contribution in [3.05, 3.63) is 71.6 Å². The lowest BCUT2D eigenvalue weighted by Gasteiger charge is -2.39. The Hall–Kier alpha value is -2.96. The summed E-state index contributed by atoms with van der Waals surface area (Å²) in [5.41, 5.74) is 4.16. The first-order valence-corrected chi connectivity index (χ1v) is 11.0. The fourth-order valence-electron chi connectivity index (χ4n) is 4.56. The molecule has 0 bridgehead atoms. The number of aryl methyl sites for hydroxylation is 2. The molecule has 1 atom stereocenters. The number of aromatic nitrogens is 4. The molecule has 1 unspecified atom stereocenters. The van der Waals surface area contributed by atoms with Gasteiger partial charge in [0.2, 0.25) is 0 Å². The third-order valence-corrected chi connectivity index (χ3v) is 6.24. The third kappa shape index (κ3) is 4.13. The zero-order valence-electron chi connectivity index (χ0n) is 18.4. The normalized spacial score (nSPS) is 18.1. The van der Waals surface area contributed by atoms with E-state index in [1.54, 1.807) is 0 Å². The average molecular weight is 413 g/mol. The largest absolute Gasteiger partial charge is 0.293 e. The molecule has 0 radical (unpaired) electrons. The minimum atomic E-state index is 0.422. The van der Waals surface area contributed by atoms with Crippen LogP contribution in [0.2, 0.25) is 0 Å². The molecular weight excluding hydrogens is 384 g/mol. The van der Waals surface area contributed by atoms with Crippen LogP contribution in [0.5, 0.6) is 0 Å². The van der Waals surface area contributed by atoms with Crippen LogP contribution in [0.25, 0.3) is 21.8 Å². The molecule has 1 aliphatic rings. The lowest BCUT2D eigenvalue weighted by atomic mass is 10.1. The summed E-state index contributed by atoms with van der Waals surface area (Å²) in [5, 5.41) is 2.27. The van der Waals surface area contributed by atoms with Gasteiger partial charge in [0.05, 0.1) is 24.1 Å². The molecule has 2 aromatic carbocycles. The van der Waals surface area contributed by atoms with Crippen LogP contribution < -0.4 is 0 Å². The smallest absolute Gasteiger partial charge is 0.143 e. The van der Waals surface area contributed by atoms with Gasteiger partial charge in [-0.05, 0) is 32.9 Å². The van der Waals surface area contributed by atoms with Gasteiger partial charge < -0.3 is 0 Å². The highest BCUT2D eigenvalue weighted by atomic mass is 15.3. The number of piperazine rings is 1. The first-order valence-electron chi connectivity index (χ1n) is 11.0. The Bertz CT molecular complexity index is 1240. The third-order valence-electron chi connectivity index (χ3n) is 6.24. The minimum Gasteiger partial charge on any atom is -0.293 e. The molecule has 2 aromatic heterocycles. The van der Waals surface area contributed by atoms with Crippen molar-refractivity contribution in [2.24, 2.45) is 0 Å². The Morgan fingerprint density at radius 3 is 1.87 bits per heavy atom. The summed E-state index contributed by atoms with van der Waals surface area (Å²) in [5.74, 6) is 1.82. The molecule has 1 fully saturated rings. The molecule has 0 aliphatic carbocycles. The quantitative estimate of drug-likeness (QED) is 0.507. The maximum absolute atomic E-state index is 4.80. The van der Waals surface area contributed by atoms with E-state index in [1.165, 1.54) is 0 Å². The monoisotopic (exact) mass is 412 g/mol. The van der Waals surface area contributed by atoms with Crippen LogP contribution in [0.1, 0.15) is 30.0 Å². The molecule has 5 rings (SSSR count). The molecule has 6 nitrogen and oxygen atoms in total. The van der Waals surface area contributed by atoms with Crippen LogP contribution in [-0.4, -0.2) is 55.4 Å². The van der Waals surface area contributed by atoms with Gasteiger partial charge in [-0.25, -0.2) is 19.9 Å². The zero-order chi connectivity index (χ0) is 21.4. The van der Waals surface area contributed by atoms with Crippen LogP contribution >= 0.6 is 0 Å². The van der Waals surface area contributed by atoms with Gasteiger partial charge in [0.1, 0.15) is 11.6 Å². The molecule has 0 N–H and O–H groups in total. The summed E-state index contributed by atoms with van der Waals surface area (Å²) in [6, 6.07) is 16.9. The summed E-state index contributed by atoms with van der Waals surface area (Å²) in [7, 11) is 0. The van der Waals surface area contributed by atoms with Gasteiger partial charge in [-0.2, -0.15) is 0 Å². The van der Waals surface area contributed by atoms with Crippen molar-refractivity contribution >= 4 is 21.8 Å². The van der Waals surface area contributed by atoms with E-state index in [2.05, 4.69) is 54.8 Å². The van der Waals surface area contributed by atoms with E-state index in [0.29, 0.717) is 6.04 Å². The van der Waals surface area contributed by atoms with E-state index in [9.17, 15) is 0 Å². The van der Waals surface area contributed by atoms with Crippen molar-refractivity contribution in [3.8, 4) is 0 Å². The van der Waals surface area contributed by atoms with Crippen LogP contribution in [-0.2, 0) is 13.1 Å². The van der Waals surface area contributed by atoms with Crippen LogP contribution in [0.3, 0.4) is 0 Å². The Balaban J connectivity index is 1.27. The predicted molar refractivity (Wildman–Crippen MR) is 124 cm³/mol. The molecule has 4 aromatic rings. The van der Waals surface area contributed by atoms with Crippen LogP contribution in [0, 0.1) is 13.8 Å². The SMILES string of the molecule is Cc1nc(CN2CCN(Cc3nc(C)c4ccccc4n3)C(C)C2)nc2ccccc12. The Morgan fingerprint density at radius 2 is 1.29 bits per heavy atom. The van der Waals surface area contributed by atoms with E-state index in [0.717, 1.165) is 77.6 Å². The standard InChI is InChI=1S/C25H28N6/c1-17-14-30(15-24-26-18(2)20-8-4-6-10-22(20)28-24)12-13-31(17)16-25-27-19(3)21-9-5-7-11-23(21)29-25/h4-11,17H,12-16H2,1-3H3. The minimum absolute atomic E-state index is 0.422. The lowest BCUT2D eigenvalue weighted by Crippen LogP contribution is -2.51. The van der Waals surface area contributed by atoms with Gasteiger partial charge in [-0.3, -0.25) is 9.80 Å². The van der Waals surface area contributed by atoms with E-state index in [4.69, 9.17) is 19.9 Å². The summed E-state index contributed by atoms with van der Waals surface area (Å²) in [6.07, 6.45) is 0. The van der Waals surface area contributed by atoms with Crippen molar-refractivity contribution in [1.82, 2.24) is 29.7 Å². The van der Waals surface area contributed by atoms with Crippen molar-refractivity contribution < 1.29 is 0 Å². The van der Waals surface area contributed by atoms with Crippen molar-refractivity contribution in [3.63, 3.8) is 0 Å². The second-order valence-corrected chi connectivity index (χ2v) is 8.54. The van der Waals surface area contributed by atoms with Crippen molar-refractivity contribution in [1.29, 1.82) is 0 Å². The number of fused-ring (bicyclic) bond motifs is 2. The molecular formula is C25H28N6. The van der Waals surface area contributed by atoms with Gasteiger partial charge >= 0.3 is 0 Å². The van der Waals surface area contributed by atoms with Crippen LogP contribution in [0.15, 0.2) is 48.5 Å². The molecule has 158 valence electrons. The molecule has 31 heavy (non-hydrogen) atoms. The van der Waals surface area contributed by atoms with Crippen LogP contribution in [0.4, 0.5) is 0 Å². The molecule has 6 heteroatoms. The summed E-state index contributed by atoms with van der Waals surface area (Å²) >= 11 is 0. The lowest BCUT2D eigenvalue weighted by molar-refractivity contribution is 0.0699. The number of benzene rings is 2. The highest BCUT2D eigenvalue weighted by molar-refractivity contribution is 5.81. The van der Waals surface area contributed by atoms with Crippen molar-refractivity contribution in [2.75, 3.05) is 19.6 Å². The maximum Gasteiger partial charge on any atom is 0.143 e.